The van der Waals surface area contributed by atoms with E-state index < -0.39 is 0 Å². The average molecular weight is 363 g/mol. The lowest BCUT2D eigenvalue weighted by Crippen LogP contribution is -2.20. The van der Waals surface area contributed by atoms with Crippen LogP contribution in [0.1, 0.15) is 21.5 Å². The SMILES string of the molecule is Cc1ccc(NC(=O)COc2ccc(C(=O)c3ccc(F)cc3)cc2)cc1. The van der Waals surface area contributed by atoms with Crippen LogP contribution in [0.3, 0.4) is 0 Å². The lowest BCUT2D eigenvalue weighted by Gasteiger charge is -2.08. The van der Waals surface area contributed by atoms with Crippen LogP contribution in [-0.2, 0) is 4.79 Å². The molecule has 1 amide bonds. The first-order valence-corrected chi connectivity index (χ1v) is 8.41. The number of ketones is 1. The highest BCUT2D eigenvalue weighted by Gasteiger charge is 2.10. The summed E-state index contributed by atoms with van der Waals surface area (Å²) in [5.74, 6) is -0.395. The van der Waals surface area contributed by atoms with Gasteiger partial charge in [0.15, 0.2) is 12.4 Å². The van der Waals surface area contributed by atoms with Crippen molar-refractivity contribution in [2.75, 3.05) is 11.9 Å². The first-order chi connectivity index (χ1) is 13.0. The molecule has 4 nitrogen and oxygen atoms in total. The van der Waals surface area contributed by atoms with Crippen molar-refractivity contribution in [3.63, 3.8) is 0 Å². The number of carbonyl (C=O) groups excluding carboxylic acids is 2. The van der Waals surface area contributed by atoms with Crippen LogP contribution in [0.4, 0.5) is 10.1 Å². The van der Waals surface area contributed by atoms with E-state index in [9.17, 15) is 14.0 Å². The number of hydrogen-bond donors (Lipinski definition) is 1. The number of hydrogen-bond acceptors (Lipinski definition) is 3. The second-order valence-electron chi connectivity index (χ2n) is 6.06. The fourth-order valence-electron chi connectivity index (χ4n) is 2.45. The van der Waals surface area contributed by atoms with Crippen LogP contribution in [0, 0.1) is 12.7 Å². The molecule has 0 aliphatic heterocycles. The van der Waals surface area contributed by atoms with Gasteiger partial charge in [0, 0.05) is 16.8 Å². The van der Waals surface area contributed by atoms with Gasteiger partial charge in [-0.25, -0.2) is 4.39 Å². The molecule has 0 aromatic heterocycles. The topological polar surface area (TPSA) is 55.4 Å². The smallest absolute Gasteiger partial charge is 0.262 e. The van der Waals surface area contributed by atoms with Crippen molar-refractivity contribution >= 4 is 17.4 Å². The standard InChI is InChI=1S/C22H18FNO3/c1-15-2-10-19(11-3-15)24-21(25)14-27-20-12-6-17(7-13-20)22(26)16-4-8-18(23)9-5-16/h2-13H,14H2,1H3,(H,24,25). The molecule has 1 N–H and O–H groups in total. The Morgan fingerprint density at radius 3 is 2.00 bits per heavy atom. The molecule has 0 saturated heterocycles. The largest absolute Gasteiger partial charge is 0.484 e. The molecule has 136 valence electrons. The van der Waals surface area contributed by atoms with E-state index >= 15 is 0 Å². The molecule has 0 atom stereocenters. The molecular weight excluding hydrogens is 345 g/mol. The molecule has 0 bridgehead atoms. The minimum absolute atomic E-state index is 0.140. The molecular formula is C22H18FNO3. The van der Waals surface area contributed by atoms with Gasteiger partial charge >= 0.3 is 0 Å². The summed E-state index contributed by atoms with van der Waals surface area (Å²) in [4.78, 5) is 24.3. The van der Waals surface area contributed by atoms with Crippen LogP contribution in [0.2, 0.25) is 0 Å². The van der Waals surface area contributed by atoms with Crippen LogP contribution < -0.4 is 10.1 Å². The Labute approximate surface area is 156 Å². The molecule has 0 aliphatic carbocycles. The van der Waals surface area contributed by atoms with E-state index in [-0.39, 0.29) is 24.1 Å². The van der Waals surface area contributed by atoms with Gasteiger partial charge in [-0.15, -0.1) is 0 Å². The van der Waals surface area contributed by atoms with Crippen molar-refractivity contribution in [1.29, 1.82) is 0 Å². The van der Waals surface area contributed by atoms with Crippen LogP contribution in [0.15, 0.2) is 72.8 Å². The quantitative estimate of drug-likeness (QED) is 0.661. The first kappa shape index (κ1) is 18.3. The number of benzene rings is 3. The van der Waals surface area contributed by atoms with Crippen LogP contribution in [-0.4, -0.2) is 18.3 Å². The van der Waals surface area contributed by atoms with E-state index in [4.69, 9.17) is 4.74 Å². The number of aryl methyl sites for hydroxylation is 1. The van der Waals surface area contributed by atoms with E-state index in [2.05, 4.69) is 5.32 Å². The summed E-state index contributed by atoms with van der Waals surface area (Å²) < 4.78 is 18.4. The molecule has 0 saturated carbocycles. The Morgan fingerprint density at radius 2 is 1.41 bits per heavy atom. The molecule has 3 aromatic carbocycles. The maximum atomic E-state index is 13.0. The Hall–Kier alpha value is -3.47. The summed E-state index contributed by atoms with van der Waals surface area (Å²) in [6, 6.07) is 19.3. The second-order valence-corrected chi connectivity index (χ2v) is 6.06. The highest BCUT2D eigenvalue weighted by molar-refractivity contribution is 6.09. The fourth-order valence-corrected chi connectivity index (χ4v) is 2.45. The van der Waals surface area contributed by atoms with Gasteiger partial charge in [-0.2, -0.15) is 0 Å². The zero-order valence-corrected chi connectivity index (χ0v) is 14.7. The summed E-state index contributed by atoms with van der Waals surface area (Å²) in [5.41, 5.74) is 2.68. The lowest BCUT2D eigenvalue weighted by atomic mass is 10.0. The van der Waals surface area contributed by atoms with Crippen molar-refractivity contribution in [3.05, 3.63) is 95.3 Å². The summed E-state index contributed by atoms with van der Waals surface area (Å²) in [6.45, 7) is 1.83. The molecule has 3 aromatic rings. The zero-order valence-electron chi connectivity index (χ0n) is 14.7. The third-order valence-corrected chi connectivity index (χ3v) is 3.93. The van der Waals surface area contributed by atoms with Gasteiger partial charge in [-0.1, -0.05) is 17.7 Å². The minimum atomic E-state index is -0.390. The Kier molecular flexibility index (Phi) is 5.61. The Balaban J connectivity index is 1.55. The van der Waals surface area contributed by atoms with E-state index in [1.54, 1.807) is 24.3 Å². The first-order valence-electron chi connectivity index (χ1n) is 8.41. The summed E-state index contributed by atoms with van der Waals surface area (Å²) in [7, 11) is 0. The highest BCUT2D eigenvalue weighted by Crippen LogP contribution is 2.16. The molecule has 0 heterocycles. The summed E-state index contributed by atoms with van der Waals surface area (Å²) in [5, 5.41) is 2.75. The van der Waals surface area contributed by atoms with E-state index in [0.29, 0.717) is 22.6 Å². The zero-order chi connectivity index (χ0) is 19.2. The van der Waals surface area contributed by atoms with E-state index in [0.717, 1.165) is 5.56 Å². The molecule has 0 spiro atoms. The number of anilines is 1. The number of carbonyl (C=O) groups is 2. The molecule has 0 radical (unpaired) electrons. The van der Waals surface area contributed by atoms with Gasteiger partial charge in [0.25, 0.3) is 5.91 Å². The maximum absolute atomic E-state index is 13.0. The number of ether oxygens (including phenoxy) is 1. The normalized spacial score (nSPS) is 10.3. The van der Waals surface area contributed by atoms with Crippen molar-refractivity contribution in [3.8, 4) is 5.75 Å². The maximum Gasteiger partial charge on any atom is 0.262 e. The molecule has 27 heavy (non-hydrogen) atoms. The molecule has 0 unspecified atom stereocenters. The van der Waals surface area contributed by atoms with Crippen molar-refractivity contribution in [2.45, 2.75) is 6.92 Å². The van der Waals surface area contributed by atoms with Gasteiger partial charge in [-0.05, 0) is 67.6 Å². The van der Waals surface area contributed by atoms with Gasteiger partial charge < -0.3 is 10.1 Å². The van der Waals surface area contributed by atoms with Gasteiger partial charge in [0.1, 0.15) is 11.6 Å². The molecule has 0 aliphatic rings. The van der Waals surface area contributed by atoms with Crippen molar-refractivity contribution in [2.24, 2.45) is 0 Å². The van der Waals surface area contributed by atoms with Crippen molar-refractivity contribution < 1.29 is 18.7 Å². The van der Waals surface area contributed by atoms with E-state index in [1.165, 1.54) is 24.3 Å². The second kappa shape index (κ2) is 8.27. The number of halogens is 1. The number of nitrogens with one attached hydrogen (secondary N) is 1. The van der Waals surface area contributed by atoms with E-state index in [1.807, 2.05) is 31.2 Å². The summed E-state index contributed by atoms with van der Waals surface area (Å²) in [6.07, 6.45) is 0. The average Bonchev–Trinajstić information content (AvgIpc) is 2.69. The predicted molar refractivity (Wildman–Crippen MR) is 102 cm³/mol. The molecule has 5 heteroatoms. The number of rotatable bonds is 6. The van der Waals surface area contributed by atoms with Gasteiger partial charge in [0.2, 0.25) is 0 Å². The minimum Gasteiger partial charge on any atom is -0.484 e. The molecule has 3 rings (SSSR count). The summed E-state index contributed by atoms with van der Waals surface area (Å²) >= 11 is 0. The van der Waals surface area contributed by atoms with Gasteiger partial charge in [0.05, 0.1) is 0 Å². The van der Waals surface area contributed by atoms with Crippen LogP contribution >= 0.6 is 0 Å². The highest BCUT2D eigenvalue weighted by atomic mass is 19.1. The number of amides is 1. The van der Waals surface area contributed by atoms with Crippen molar-refractivity contribution in [1.82, 2.24) is 0 Å². The predicted octanol–water partition coefficient (Wildman–Crippen LogP) is 4.38. The third kappa shape index (κ3) is 5.01. The Morgan fingerprint density at radius 1 is 0.852 bits per heavy atom. The monoisotopic (exact) mass is 363 g/mol. The Bertz CT molecular complexity index is 933. The van der Waals surface area contributed by atoms with Crippen LogP contribution in [0.25, 0.3) is 0 Å². The van der Waals surface area contributed by atoms with Crippen LogP contribution in [0.5, 0.6) is 5.75 Å². The molecule has 0 fully saturated rings. The third-order valence-electron chi connectivity index (χ3n) is 3.93. The van der Waals surface area contributed by atoms with Gasteiger partial charge in [-0.3, -0.25) is 9.59 Å². The fraction of sp³-hybridized carbons (Fsp3) is 0.0909. The lowest BCUT2D eigenvalue weighted by molar-refractivity contribution is -0.118.